The molecular formula is C22H13F2N7O2. The molecule has 1 aliphatic rings. The lowest BCUT2D eigenvalue weighted by atomic mass is 9.99. The fraction of sp³-hybridized carbons (Fsp3) is 0.136. The van der Waals surface area contributed by atoms with Crippen LogP contribution in [0.25, 0.3) is 28.1 Å². The highest BCUT2D eigenvalue weighted by Crippen LogP contribution is 2.38. The Kier molecular flexibility index (Phi) is 4.03. The second kappa shape index (κ2) is 6.96. The molecular weight excluding hydrogens is 432 g/mol. The minimum Gasteiger partial charge on any atom is -0.490 e. The summed E-state index contributed by atoms with van der Waals surface area (Å²) >= 11 is 0. The SMILES string of the molecule is N#Cc1ccc2ncn(-c3ncc4[nH]c(=O)n([C@@H]5CCOc6c(F)ccc(F)c65)c4n3)c2c1. The van der Waals surface area contributed by atoms with Crippen LogP contribution in [0.2, 0.25) is 0 Å². The molecule has 0 spiro atoms. The Bertz CT molecular complexity index is 1680. The van der Waals surface area contributed by atoms with Crippen molar-refractivity contribution >= 4 is 22.2 Å². The van der Waals surface area contributed by atoms with Gasteiger partial charge in [-0.15, -0.1) is 0 Å². The number of H-pyrrole nitrogens is 1. The van der Waals surface area contributed by atoms with Gasteiger partial charge in [-0.05, 0) is 30.3 Å². The van der Waals surface area contributed by atoms with E-state index in [9.17, 15) is 18.8 Å². The Hall–Kier alpha value is -4.59. The molecule has 11 heteroatoms. The summed E-state index contributed by atoms with van der Waals surface area (Å²) in [5.41, 5.74) is 1.71. The maximum Gasteiger partial charge on any atom is 0.328 e. The zero-order valence-corrected chi connectivity index (χ0v) is 16.8. The molecule has 3 aromatic heterocycles. The van der Waals surface area contributed by atoms with E-state index in [2.05, 4.69) is 26.0 Å². The van der Waals surface area contributed by atoms with E-state index < -0.39 is 23.4 Å². The van der Waals surface area contributed by atoms with Gasteiger partial charge < -0.3 is 9.72 Å². The average molecular weight is 445 g/mol. The number of nitriles is 1. The number of benzene rings is 2. The molecule has 33 heavy (non-hydrogen) atoms. The van der Waals surface area contributed by atoms with Crippen molar-refractivity contribution in [2.24, 2.45) is 0 Å². The predicted octanol–water partition coefficient (Wildman–Crippen LogP) is 2.98. The van der Waals surface area contributed by atoms with Crippen LogP contribution in [0, 0.1) is 23.0 Å². The van der Waals surface area contributed by atoms with Gasteiger partial charge in [0.15, 0.2) is 17.2 Å². The largest absolute Gasteiger partial charge is 0.490 e. The van der Waals surface area contributed by atoms with Crippen LogP contribution in [-0.2, 0) is 0 Å². The smallest absolute Gasteiger partial charge is 0.328 e. The molecule has 0 unspecified atom stereocenters. The van der Waals surface area contributed by atoms with E-state index in [1.807, 2.05) is 0 Å². The number of imidazole rings is 2. The number of nitrogens with one attached hydrogen (secondary N) is 1. The lowest BCUT2D eigenvalue weighted by Crippen LogP contribution is -2.29. The Morgan fingerprint density at radius 3 is 2.88 bits per heavy atom. The second-order valence-corrected chi connectivity index (χ2v) is 7.56. The lowest BCUT2D eigenvalue weighted by molar-refractivity contribution is 0.238. The maximum atomic E-state index is 14.7. The third-order valence-electron chi connectivity index (χ3n) is 5.71. The number of aromatic amines is 1. The van der Waals surface area contributed by atoms with Gasteiger partial charge in [-0.3, -0.25) is 9.13 Å². The monoisotopic (exact) mass is 445 g/mol. The number of nitrogens with zero attached hydrogens (tertiary/aromatic N) is 6. The Morgan fingerprint density at radius 1 is 1.18 bits per heavy atom. The number of rotatable bonds is 2. The third-order valence-corrected chi connectivity index (χ3v) is 5.71. The fourth-order valence-electron chi connectivity index (χ4n) is 4.23. The molecule has 1 aliphatic heterocycles. The normalized spacial score (nSPS) is 15.4. The molecule has 1 atom stereocenters. The molecule has 0 bridgehead atoms. The van der Waals surface area contributed by atoms with Gasteiger partial charge in [0.05, 0.1) is 47.1 Å². The molecule has 162 valence electrons. The molecule has 5 aromatic rings. The van der Waals surface area contributed by atoms with Crippen molar-refractivity contribution < 1.29 is 13.5 Å². The van der Waals surface area contributed by atoms with E-state index in [-0.39, 0.29) is 35.9 Å². The van der Waals surface area contributed by atoms with Gasteiger partial charge in [0, 0.05) is 6.42 Å². The first-order valence-corrected chi connectivity index (χ1v) is 10.0. The zero-order chi connectivity index (χ0) is 22.7. The first-order valence-electron chi connectivity index (χ1n) is 10.0. The van der Waals surface area contributed by atoms with Crippen molar-refractivity contribution in [3.05, 3.63) is 76.1 Å². The number of hydrogen-bond donors (Lipinski definition) is 1. The number of ether oxygens (including phenoxy) is 1. The van der Waals surface area contributed by atoms with Crippen LogP contribution in [0.4, 0.5) is 8.78 Å². The van der Waals surface area contributed by atoms with Crippen LogP contribution < -0.4 is 10.4 Å². The predicted molar refractivity (Wildman–Crippen MR) is 112 cm³/mol. The van der Waals surface area contributed by atoms with E-state index in [4.69, 9.17) is 4.74 Å². The second-order valence-electron chi connectivity index (χ2n) is 7.56. The summed E-state index contributed by atoms with van der Waals surface area (Å²) in [4.78, 5) is 28.7. The summed E-state index contributed by atoms with van der Waals surface area (Å²) < 4.78 is 37.3. The van der Waals surface area contributed by atoms with Gasteiger partial charge in [-0.1, -0.05) is 0 Å². The van der Waals surface area contributed by atoms with Gasteiger partial charge in [0.2, 0.25) is 5.95 Å². The molecule has 0 aliphatic carbocycles. The molecule has 0 saturated heterocycles. The first kappa shape index (κ1) is 19.1. The number of fused-ring (bicyclic) bond motifs is 3. The summed E-state index contributed by atoms with van der Waals surface area (Å²) in [5, 5.41) is 9.22. The van der Waals surface area contributed by atoms with E-state index in [0.29, 0.717) is 22.1 Å². The molecule has 1 N–H and O–H groups in total. The highest BCUT2D eigenvalue weighted by atomic mass is 19.1. The summed E-state index contributed by atoms with van der Waals surface area (Å²) in [6.07, 6.45) is 3.21. The van der Waals surface area contributed by atoms with Gasteiger partial charge in [0.25, 0.3) is 0 Å². The van der Waals surface area contributed by atoms with Crippen molar-refractivity contribution in [1.82, 2.24) is 29.1 Å². The molecule has 2 aromatic carbocycles. The third kappa shape index (κ3) is 2.81. The van der Waals surface area contributed by atoms with Crippen LogP contribution in [0.3, 0.4) is 0 Å². The topological polar surface area (TPSA) is 114 Å². The molecule has 0 saturated carbocycles. The van der Waals surface area contributed by atoms with Crippen molar-refractivity contribution in [2.75, 3.05) is 6.61 Å². The Morgan fingerprint density at radius 2 is 2.03 bits per heavy atom. The van der Waals surface area contributed by atoms with Gasteiger partial charge in [-0.25, -0.2) is 23.5 Å². The van der Waals surface area contributed by atoms with E-state index in [0.717, 1.165) is 12.1 Å². The van der Waals surface area contributed by atoms with Gasteiger partial charge in [-0.2, -0.15) is 10.2 Å². The summed E-state index contributed by atoms with van der Waals surface area (Å²) in [5.74, 6) is -1.36. The summed E-state index contributed by atoms with van der Waals surface area (Å²) in [7, 11) is 0. The van der Waals surface area contributed by atoms with Crippen LogP contribution in [0.1, 0.15) is 23.6 Å². The molecule has 0 amide bonds. The average Bonchev–Trinajstić information content (AvgIpc) is 3.40. The summed E-state index contributed by atoms with van der Waals surface area (Å²) in [6, 6.07) is 8.30. The minimum absolute atomic E-state index is 0.0313. The minimum atomic E-state index is -0.821. The standard InChI is InChI=1S/C22H13F2N7O2/c23-12-2-3-13(24)19-18(12)16(5-6-33-19)31-20-15(28-22(31)32)9-26-21(29-20)30-10-27-14-4-1-11(8-25)7-17(14)30/h1-4,7,9-10,16H,5-6H2,(H,28,32)/t16-/m1/s1. The van der Waals surface area contributed by atoms with Crippen molar-refractivity contribution in [1.29, 1.82) is 5.26 Å². The van der Waals surface area contributed by atoms with Crippen LogP contribution in [-0.4, -0.2) is 35.7 Å². The number of hydrogen-bond acceptors (Lipinski definition) is 6. The molecule has 4 heterocycles. The van der Waals surface area contributed by atoms with Crippen LogP contribution in [0.15, 0.2) is 47.7 Å². The van der Waals surface area contributed by atoms with Gasteiger partial charge >= 0.3 is 5.69 Å². The summed E-state index contributed by atoms with van der Waals surface area (Å²) in [6.45, 7) is 0.109. The molecule has 9 nitrogen and oxygen atoms in total. The first-order chi connectivity index (χ1) is 16.0. The van der Waals surface area contributed by atoms with Crippen molar-refractivity contribution in [2.45, 2.75) is 12.5 Å². The molecule has 0 radical (unpaired) electrons. The van der Waals surface area contributed by atoms with E-state index in [1.54, 1.807) is 22.8 Å². The van der Waals surface area contributed by atoms with Crippen LogP contribution >= 0.6 is 0 Å². The fourth-order valence-corrected chi connectivity index (χ4v) is 4.23. The highest BCUT2D eigenvalue weighted by molar-refractivity contribution is 5.79. The Balaban J connectivity index is 1.57. The van der Waals surface area contributed by atoms with Crippen molar-refractivity contribution in [3.63, 3.8) is 0 Å². The van der Waals surface area contributed by atoms with Crippen molar-refractivity contribution in [3.8, 4) is 17.8 Å². The molecule has 6 rings (SSSR count). The maximum absolute atomic E-state index is 14.7. The zero-order valence-electron chi connectivity index (χ0n) is 16.8. The van der Waals surface area contributed by atoms with E-state index >= 15 is 0 Å². The number of aromatic nitrogens is 6. The van der Waals surface area contributed by atoms with E-state index in [1.165, 1.54) is 17.1 Å². The van der Waals surface area contributed by atoms with Gasteiger partial charge in [0.1, 0.15) is 17.7 Å². The highest BCUT2D eigenvalue weighted by Gasteiger charge is 2.32. The Labute approximate surface area is 183 Å². The quantitative estimate of drug-likeness (QED) is 0.447. The van der Waals surface area contributed by atoms with Crippen LogP contribution in [0.5, 0.6) is 5.75 Å². The lowest BCUT2D eigenvalue weighted by Gasteiger charge is -2.27. The molecule has 0 fully saturated rings. The number of halogens is 2.